The van der Waals surface area contributed by atoms with Gasteiger partial charge in [-0.15, -0.1) is 0 Å². The van der Waals surface area contributed by atoms with E-state index in [1.54, 1.807) is 0 Å². The minimum atomic E-state index is 0.126. The fourth-order valence-corrected chi connectivity index (χ4v) is 3.69. The van der Waals surface area contributed by atoms with Crippen LogP contribution < -0.4 is 5.32 Å². The van der Waals surface area contributed by atoms with E-state index in [0.717, 1.165) is 37.3 Å². The maximum atomic E-state index is 12.3. The van der Waals surface area contributed by atoms with Crippen LogP contribution >= 0.6 is 0 Å². The molecule has 1 saturated heterocycles. The number of nitrogens with one attached hydrogen (secondary N) is 1. The molecule has 24 heavy (non-hydrogen) atoms. The van der Waals surface area contributed by atoms with Crippen LogP contribution in [0, 0.1) is 0 Å². The van der Waals surface area contributed by atoms with E-state index >= 15 is 0 Å². The van der Waals surface area contributed by atoms with Crippen molar-refractivity contribution in [1.82, 2.24) is 19.8 Å². The van der Waals surface area contributed by atoms with Gasteiger partial charge in [0.2, 0.25) is 5.91 Å². The van der Waals surface area contributed by atoms with Crippen LogP contribution in [0.15, 0.2) is 24.3 Å². The lowest BCUT2D eigenvalue weighted by Crippen LogP contribution is -2.36. The Hall–Kier alpha value is -1.88. The zero-order chi connectivity index (χ0) is 17.1. The first kappa shape index (κ1) is 17.0. The van der Waals surface area contributed by atoms with Crippen molar-refractivity contribution >= 4 is 16.9 Å². The molecule has 0 spiro atoms. The highest BCUT2D eigenvalue weighted by atomic mass is 16.2. The Kier molecular flexibility index (Phi) is 5.19. The Morgan fingerprint density at radius 2 is 2.21 bits per heavy atom. The number of para-hydroxylation sites is 2. The summed E-state index contributed by atoms with van der Waals surface area (Å²) < 4.78 is 2.25. The topological polar surface area (TPSA) is 50.2 Å². The summed E-state index contributed by atoms with van der Waals surface area (Å²) in [6.07, 6.45) is 2.83. The number of hydrogen-bond donors (Lipinski definition) is 1. The molecule has 0 radical (unpaired) electrons. The van der Waals surface area contributed by atoms with Crippen molar-refractivity contribution in [1.29, 1.82) is 0 Å². The molecule has 2 atom stereocenters. The third-order valence-corrected chi connectivity index (χ3v) is 5.05. The summed E-state index contributed by atoms with van der Waals surface area (Å²) in [6.45, 7) is 8.91. The number of carbonyl (C=O) groups excluding carboxylic acids is 1. The molecule has 0 saturated carbocycles. The molecule has 2 heterocycles. The molecule has 1 amide bonds. The van der Waals surface area contributed by atoms with Crippen LogP contribution in [0.25, 0.3) is 11.0 Å². The van der Waals surface area contributed by atoms with Crippen LogP contribution in [-0.2, 0) is 11.3 Å². The molecule has 1 aliphatic heterocycles. The zero-order valence-corrected chi connectivity index (χ0v) is 15.0. The van der Waals surface area contributed by atoms with Crippen LogP contribution in [-0.4, -0.2) is 39.5 Å². The highest BCUT2D eigenvalue weighted by molar-refractivity contribution is 5.77. The van der Waals surface area contributed by atoms with Gasteiger partial charge in [-0.25, -0.2) is 4.98 Å². The summed E-state index contributed by atoms with van der Waals surface area (Å²) in [6, 6.07) is 8.76. The highest BCUT2D eigenvalue weighted by Gasteiger charge is 2.24. The molecule has 0 bridgehead atoms. The molecular formula is C19H28N4O. The van der Waals surface area contributed by atoms with Crippen molar-refractivity contribution in [2.45, 2.75) is 58.7 Å². The Morgan fingerprint density at radius 1 is 1.42 bits per heavy atom. The number of nitrogens with zero attached hydrogens (tertiary/aromatic N) is 3. The largest absolute Gasteiger partial charge is 0.340 e. The van der Waals surface area contributed by atoms with Crippen molar-refractivity contribution in [3.8, 4) is 0 Å². The standard InChI is InChI=1S/C19H28N4O/c1-4-22-17-10-6-5-9-16(17)21-19(22)15(3)20-12-11-18(24)23-13-7-8-14(23)2/h5-6,9-10,14-15,20H,4,7-8,11-13H2,1-3H3/t14-,15+/m0/s1. The van der Waals surface area contributed by atoms with E-state index in [9.17, 15) is 4.79 Å². The Labute approximate surface area is 144 Å². The first-order valence-electron chi connectivity index (χ1n) is 9.09. The van der Waals surface area contributed by atoms with E-state index in [1.165, 1.54) is 5.52 Å². The molecule has 0 aliphatic carbocycles. The van der Waals surface area contributed by atoms with E-state index in [4.69, 9.17) is 4.98 Å². The van der Waals surface area contributed by atoms with Gasteiger partial charge in [0, 0.05) is 32.1 Å². The number of benzene rings is 1. The number of imidazole rings is 1. The fourth-order valence-electron chi connectivity index (χ4n) is 3.69. The van der Waals surface area contributed by atoms with Crippen LogP contribution in [0.5, 0.6) is 0 Å². The lowest BCUT2D eigenvalue weighted by molar-refractivity contribution is -0.131. The van der Waals surface area contributed by atoms with Crippen molar-refractivity contribution < 1.29 is 4.79 Å². The molecule has 0 unspecified atom stereocenters. The molecule has 1 N–H and O–H groups in total. The number of amides is 1. The van der Waals surface area contributed by atoms with Crippen molar-refractivity contribution in [2.24, 2.45) is 0 Å². The second-order valence-corrected chi connectivity index (χ2v) is 6.71. The number of rotatable bonds is 6. The second-order valence-electron chi connectivity index (χ2n) is 6.71. The van der Waals surface area contributed by atoms with E-state index in [-0.39, 0.29) is 11.9 Å². The van der Waals surface area contributed by atoms with Crippen molar-refractivity contribution in [2.75, 3.05) is 13.1 Å². The van der Waals surface area contributed by atoms with E-state index in [0.29, 0.717) is 19.0 Å². The molecular weight excluding hydrogens is 300 g/mol. The average Bonchev–Trinajstić information content (AvgIpc) is 3.17. The van der Waals surface area contributed by atoms with Gasteiger partial charge >= 0.3 is 0 Å². The Morgan fingerprint density at radius 3 is 2.92 bits per heavy atom. The minimum absolute atomic E-state index is 0.126. The summed E-state index contributed by atoms with van der Waals surface area (Å²) in [7, 11) is 0. The number of likely N-dealkylation sites (tertiary alicyclic amines) is 1. The van der Waals surface area contributed by atoms with E-state index < -0.39 is 0 Å². The maximum Gasteiger partial charge on any atom is 0.224 e. The molecule has 1 fully saturated rings. The van der Waals surface area contributed by atoms with Crippen LogP contribution in [0.4, 0.5) is 0 Å². The Balaban J connectivity index is 1.61. The van der Waals surface area contributed by atoms with Gasteiger partial charge < -0.3 is 14.8 Å². The quantitative estimate of drug-likeness (QED) is 0.886. The van der Waals surface area contributed by atoms with Crippen molar-refractivity contribution in [3.05, 3.63) is 30.1 Å². The van der Waals surface area contributed by atoms with E-state index in [2.05, 4.69) is 42.8 Å². The first-order valence-corrected chi connectivity index (χ1v) is 9.09. The van der Waals surface area contributed by atoms with Gasteiger partial charge in [0.05, 0.1) is 17.1 Å². The third kappa shape index (κ3) is 3.31. The summed E-state index contributed by atoms with van der Waals surface area (Å²) in [5.41, 5.74) is 2.20. The first-order chi connectivity index (χ1) is 11.6. The molecule has 5 heteroatoms. The molecule has 1 aliphatic rings. The van der Waals surface area contributed by atoms with Crippen LogP contribution in [0.3, 0.4) is 0 Å². The van der Waals surface area contributed by atoms with Gasteiger partial charge in [0.25, 0.3) is 0 Å². The van der Waals surface area contributed by atoms with Gasteiger partial charge in [0.15, 0.2) is 0 Å². The normalized spacial score (nSPS) is 19.1. The van der Waals surface area contributed by atoms with Crippen LogP contribution in [0.2, 0.25) is 0 Å². The zero-order valence-electron chi connectivity index (χ0n) is 15.0. The summed E-state index contributed by atoms with van der Waals surface area (Å²) in [4.78, 5) is 19.1. The molecule has 1 aromatic carbocycles. The van der Waals surface area contributed by atoms with Crippen molar-refractivity contribution in [3.63, 3.8) is 0 Å². The lowest BCUT2D eigenvalue weighted by Gasteiger charge is -2.22. The molecule has 1 aromatic heterocycles. The number of hydrogen-bond acceptors (Lipinski definition) is 3. The maximum absolute atomic E-state index is 12.3. The summed E-state index contributed by atoms with van der Waals surface area (Å²) in [5.74, 6) is 1.31. The molecule has 2 aromatic rings. The average molecular weight is 328 g/mol. The van der Waals surface area contributed by atoms with Gasteiger partial charge in [-0.2, -0.15) is 0 Å². The third-order valence-electron chi connectivity index (χ3n) is 5.05. The van der Waals surface area contributed by atoms with Gasteiger partial charge in [-0.3, -0.25) is 4.79 Å². The fraction of sp³-hybridized carbons (Fsp3) is 0.579. The highest BCUT2D eigenvalue weighted by Crippen LogP contribution is 2.21. The van der Waals surface area contributed by atoms with Gasteiger partial charge in [-0.05, 0) is 45.7 Å². The molecule has 3 rings (SSSR count). The number of aromatic nitrogens is 2. The van der Waals surface area contributed by atoms with Crippen LogP contribution in [0.1, 0.15) is 51.9 Å². The predicted octanol–water partition coefficient (Wildman–Crippen LogP) is 3.11. The minimum Gasteiger partial charge on any atom is -0.340 e. The van der Waals surface area contributed by atoms with Gasteiger partial charge in [0.1, 0.15) is 5.82 Å². The van der Waals surface area contributed by atoms with Gasteiger partial charge in [-0.1, -0.05) is 12.1 Å². The molecule has 5 nitrogen and oxygen atoms in total. The molecule has 130 valence electrons. The monoisotopic (exact) mass is 328 g/mol. The number of carbonyl (C=O) groups is 1. The van der Waals surface area contributed by atoms with E-state index in [1.807, 2.05) is 17.0 Å². The Bertz CT molecular complexity index is 708. The second kappa shape index (κ2) is 7.34. The SMILES string of the molecule is CCn1c([C@@H](C)NCCC(=O)N2CCC[C@@H]2C)nc2ccccc21. The number of aryl methyl sites for hydroxylation is 1. The summed E-state index contributed by atoms with van der Waals surface area (Å²) >= 11 is 0. The predicted molar refractivity (Wildman–Crippen MR) is 96.9 cm³/mol. The lowest BCUT2D eigenvalue weighted by atomic mass is 10.2. The summed E-state index contributed by atoms with van der Waals surface area (Å²) in [5, 5.41) is 3.47. The number of fused-ring (bicyclic) bond motifs is 1. The smallest absolute Gasteiger partial charge is 0.224 e.